The Bertz CT molecular complexity index is 442. The number of carbonyl (C=O) groups excluding carboxylic acids is 1. The zero-order chi connectivity index (χ0) is 13.3. The Hall–Kier alpha value is -0.760. The molecule has 1 aromatic rings. The van der Waals surface area contributed by atoms with E-state index in [-0.39, 0.29) is 5.41 Å². The highest BCUT2D eigenvalue weighted by atomic mass is 32.2. The second-order valence-corrected chi connectivity index (χ2v) is 7.27. The number of ketones is 1. The zero-order valence-corrected chi connectivity index (χ0v) is 12.6. The smallest absolute Gasteiger partial charge is 0.134 e. The van der Waals surface area contributed by atoms with Crippen molar-refractivity contribution < 1.29 is 4.79 Å². The number of benzene rings is 1. The van der Waals surface area contributed by atoms with Gasteiger partial charge in [0.05, 0.1) is 0 Å². The summed E-state index contributed by atoms with van der Waals surface area (Å²) in [7, 11) is 0. The van der Waals surface area contributed by atoms with Gasteiger partial charge in [0.15, 0.2) is 0 Å². The molecule has 1 atom stereocenters. The predicted octanol–water partition coefficient (Wildman–Crippen LogP) is 4.54. The molecule has 2 rings (SSSR count). The van der Waals surface area contributed by atoms with E-state index in [4.69, 9.17) is 0 Å². The Labute approximate surface area is 114 Å². The first-order valence-electron chi connectivity index (χ1n) is 6.65. The number of hydrogen-bond acceptors (Lipinski definition) is 2. The van der Waals surface area contributed by atoms with E-state index in [1.807, 2.05) is 11.8 Å². The Kier molecular flexibility index (Phi) is 3.86. The van der Waals surface area contributed by atoms with Crippen molar-refractivity contribution in [2.45, 2.75) is 57.1 Å². The van der Waals surface area contributed by atoms with Crippen LogP contribution >= 0.6 is 11.8 Å². The fourth-order valence-corrected chi connectivity index (χ4v) is 4.03. The summed E-state index contributed by atoms with van der Waals surface area (Å²) >= 11 is 1.91. The summed E-state index contributed by atoms with van der Waals surface area (Å²) in [6, 6.07) is 6.42. The highest BCUT2D eigenvalue weighted by molar-refractivity contribution is 8.00. The van der Waals surface area contributed by atoms with E-state index >= 15 is 0 Å². The van der Waals surface area contributed by atoms with Crippen LogP contribution < -0.4 is 0 Å². The van der Waals surface area contributed by atoms with Crippen LogP contribution in [0.4, 0.5) is 0 Å². The number of carbonyl (C=O) groups is 1. The summed E-state index contributed by atoms with van der Waals surface area (Å²) in [6.45, 7) is 8.91. The zero-order valence-electron chi connectivity index (χ0n) is 11.7. The molecular formula is C16H22OS. The lowest BCUT2D eigenvalue weighted by molar-refractivity contribution is -0.121. The molecule has 98 valence electrons. The maximum absolute atomic E-state index is 11.7. The lowest BCUT2D eigenvalue weighted by atomic mass is 9.76. The molecule has 0 bridgehead atoms. The monoisotopic (exact) mass is 262 g/mol. The van der Waals surface area contributed by atoms with Crippen LogP contribution in [0, 0.1) is 19.3 Å². The lowest BCUT2D eigenvalue weighted by Crippen LogP contribution is -2.34. The predicted molar refractivity (Wildman–Crippen MR) is 78.2 cm³/mol. The SMILES string of the molecule is Cc1cccc(C)c1S[C@@H]1CC(=O)CCC1(C)C. The Morgan fingerprint density at radius 2 is 1.83 bits per heavy atom. The van der Waals surface area contributed by atoms with Crippen molar-refractivity contribution in [2.24, 2.45) is 5.41 Å². The second kappa shape index (κ2) is 5.08. The number of rotatable bonds is 2. The van der Waals surface area contributed by atoms with Crippen LogP contribution in [-0.2, 0) is 4.79 Å². The molecule has 0 amide bonds. The maximum Gasteiger partial charge on any atom is 0.134 e. The summed E-state index contributed by atoms with van der Waals surface area (Å²) in [5, 5.41) is 0.415. The molecule has 1 aliphatic carbocycles. The van der Waals surface area contributed by atoms with Crippen molar-refractivity contribution in [2.75, 3.05) is 0 Å². The largest absolute Gasteiger partial charge is 0.300 e. The molecule has 0 unspecified atom stereocenters. The van der Waals surface area contributed by atoms with E-state index in [0.717, 1.165) is 19.3 Å². The van der Waals surface area contributed by atoms with Gasteiger partial charge in [0, 0.05) is 23.0 Å². The second-order valence-electron chi connectivity index (χ2n) is 6.06. The first-order valence-corrected chi connectivity index (χ1v) is 7.53. The molecule has 1 aliphatic rings. The first kappa shape index (κ1) is 13.7. The van der Waals surface area contributed by atoms with Crippen LogP contribution in [0.15, 0.2) is 23.1 Å². The quantitative estimate of drug-likeness (QED) is 0.778. The number of Topliss-reactive ketones (excluding diaryl/α,β-unsaturated/α-hetero) is 1. The molecule has 0 heterocycles. The van der Waals surface area contributed by atoms with E-state index in [1.54, 1.807) is 0 Å². The van der Waals surface area contributed by atoms with Crippen molar-refractivity contribution in [1.82, 2.24) is 0 Å². The van der Waals surface area contributed by atoms with Crippen molar-refractivity contribution in [3.05, 3.63) is 29.3 Å². The molecule has 1 nitrogen and oxygen atoms in total. The third-order valence-electron chi connectivity index (χ3n) is 4.00. The highest BCUT2D eigenvalue weighted by Crippen LogP contribution is 2.45. The minimum Gasteiger partial charge on any atom is -0.300 e. The number of aryl methyl sites for hydroxylation is 2. The molecule has 0 N–H and O–H groups in total. The standard InChI is InChI=1S/C16H22OS/c1-11-6-5-7-12(2)15(11)18-14-10-13(17)8-9-16(14,3)4/h5-7,14H,8-10H2,1-4H3/t14-/m1/s1. The van der Waals surface area contributed by atoms with Crippen molar-refractivity contribution in [1.29, 1.82) is 0 Å². The van der Waals surface area contributed by atoms with Gasteiger partial charge in [0.1, 0.15) is 5.78 Å². The van der Waals surface area contributed by atoms with Gasteiger partial charge < -0.3 is 0 Å². The van der Waals surface area contributed by atoms with Gasteiger partial charge in [-0.25, -0.2) is 0 Å². The van der Waals surface area contributed by atoms with Crippen LogP contribution in [0.25, 0.3) is 0 Å². The van der Waals surface area contributed by atoms with E-state index < -0.39 is 0 Å². The fourth-order valence-electron chi connectivity index (χ4n) is 2.54. The molecule has 0 saturated heterocycles. The number of thioether (sulfide) groups is 1. The summed E-state index contributed by atoms with van der Waals surface area (Å²) in [5.74, 6) is 0.429. The van der Waals surface area contributed by atoms with E-state index in [1.165, 1.54) is 16.0 Å². The molecule has 1 aromatic carbocycles. The van der Waals surface area contributed by atoms with Gasteiger partial charge in [-0.05, 0) is 36.8 Å². The normalized spacial score (nSPS) is 23.1. The molecule has 18 heavy (non-hydrogen) atoms. The van der Waals surface area contributed by atoms with Gasteiger partial charge >= 0.3 is 0 Å². The van der Waals surface area contributed by atoms with E-state index in [2.05, 4.69) is 45.9 Å². The van der Waals surface area contributed by atoms with Gasteiger partial charge in [-0.15, -0.1) is 11.8 Å². The average molecular weight is 262 g/mol. The Morgan fingerprint density at radius 3 is 2.44 bits per heavy atom. The van der Waals surface area contributed by atoms with Crippen LogP contribution in [0.2, 0.25) is 0 Å². The summed E-state index contributed by atoms with van der Waals surface area (Å²) in [5.41, 5.74) is 2.91. The van der Waals surface area contributed by atoms with Gasteiger partial charge in [-0.2, -0.15) is 0 Å². The van der Waals surface area contributed by atoms with Gasteiger partial charge in [0.2, 0.25) is 0 Å². The maximum atomic E-state index is 11.7. The fraction of sp³-hybridized carbons (Fsp3) is 0.562. The third-order valence-corrected chi connectivity index (χ3v) is 5.97. The summed E-state index contributed by atoms with van der Waals surface area (Å²) in [6.07, 6.45) is 2.51. The van der Waals surface area contributed by atoms with Crippen molar-refractivity contribution in [3.8, 4) is 0 Å². The molecule has 0 aromatic heterocycles. The van der Waals surface area contributed by atoms with Crippen LogP contribution in [-0.4, -0.2) is 11.0 Å². The van der Waals surface area contributed by atoms with Gasteiger partial charge in [-0.1, -0.05) is 32.0 Å². The molecule has 1 saturated carbocycles. The van der Waals surface area contributed by atoms with E-state index in [0.29, 0.717) is 11.0 Å². The summed E-state index contributed by atoms with van der Waals surface area (Å²) in [4.78, 5) is 13.1. The van der Waals surface area contributed by atoms with Crippen molar-refractivity contribution in [3.63, 3.8) is 0 Å². The van der Waals surface area contributed by atoms with Gasteiger partial charge in [0.25, 0.3) is 0 Å². The highest BCUT2D eigenvalue weighted by Gasteiger charge is 2.36. The third kappa shape index (κ3) is 2.80. The van der Waals surface area contributed by atoms with Crippen LogP contribution in [0.3, 0.4) is 0 Å². The topological polar surface area (TPSA) is 17.1 Å². The molecular weight excluding hydrogens is 240 g/mol. The Balaban J connectivity index is 2.24. The lowest BCUT2D eigenvalue weighted by Gasteiger charge is -2.37. The minimum atomic E-state index is 0.257. The average Bonchev–Trinajstić information content (AvgIpc) is 2.28. The summed E-state index contributed by atoms with van der Waals surface area (Å²) < 4.78 is 0. The molecule has 0 aliphatic heterocycles. The molecule has 1 fully saturated rings. The molecule has 0 radical (unpaired) electrons. The first-order chi connectivity index (χ1) is 8.40. The Morgan fingerprint density at radius 1 is 1.22 bits per heavy atom. The van der Waals surface area contributed by atoms with Crippen molar-refractivity contribution >= 4 is 17.5 Å². The minimum absolute atomic E-state index is 0.257. The molecule has 2 heteroatoms. The van der Waals surface area contributed by atoms with Gasteiger partial charge in [-0.3, -0.25) is 4.79 Å². The van der Waals surface area contributed by atoms with E-state index in [9.17, 15) is 4.79 Å². The molecule has 0 spiro atoms. The van der Waals surface area contributed by atoms with Crippen LogP contribution in [0.5, 0.6) is 0 Å². The van der Waals surface area contributed by atoms with Crippen LogP contribution in [0.1, 0.15) is 44.2 Å². The number of hydrogen-bond donors (Lipinski definition) is 0.